The Balaban J connectivity index is 1.91. The molecule has 0 aromatic heterocycles. The molecular formula is C17H18F2N2O2. The van der Waals surface area contributed by atoms with Crippen LogP contribution in [0, 0.1) is 25.5 Å². The number of rotatable bonds is 4. The van der Waals surface area contributed by atoms with Crippen LogP contribution in [0.3, 0.4) is 0 Å². The van der Waals surface area contributed by atoms with Crippen molar-refractivity contribution >= 4 is 11.7 Å². The number of carbonyl (C=O) groups excluding carboxylic acids is 1. The van der Waals surface area contributed by atoms with Crippen LogP contribution in [-0.2, 0) is 0 Å². The average Bonchev–Trinajstić information content (AvgIpc) is 2.46. The Morgan fingerprint density at radius 1 is 1.09 bits per heavy atom. The molecule has 0 heterocycles. The first-order chi connectivity index (χ1) is 10.8. The van der Waals surface area contributed by atoms with Gasteiger partial charge in [-0.2, -0.15) is 0 Å². The van der Waals surface area contributed by atoms with Crippen LogP contribution in [0.4, 0.5) is 19.3 Å². The van der Waals surface area contributed by atoms with Gasteiger partial charge in [0.2, 0.25) is 0 Å². The molecule has 0 unspecified atom stereocenters. The van der Waals surface area contributed by atoms with Crippen molar-refractivity contribution in [1.29, 1.82) is 0 Å². The van der Waals surface area contributed by atoms with E-state index >= 15 is 0 Å². The zero-order chi connectivity index (χ0) is 17.0. The van der Waals surface area contributed by atoms with Crippen LogP contribution in [0.1, 0.15) is 22.8 Å². The fraction of sp³-hybridized carbons (Fsp3) is 0.235. The van der Waals surface area contributed by atoms with Gasteiger partial charge in [-0.1, -0.05) is 12.1 Å². The molecule has 6 heteroatoms. The molecule has 0 saturated carbocycles. The second kappa shape index (κ2) is 7.19. The summed E-state index contributed by atoms with van der Waals surface area (Å²) < 4.78 is 26.0. The number of hydrogen-bond acceptors (Lipinski definition) is 2. The van der Waals surface area contributed by atoms with E-state index in [1.165, 1.54) is 6.07 Å². The number of nitrogens with one attached hydrogen (secondary N) is 2. The lowest BCUT2D eigenvalue weighted by Crippen LogP contribution is -2.32. The summed E-state index contributed by atoms with van der Waals surface area (Å²) in [5.41, 5.74) is 2.86. The van der Waals surface area contributed by atoms with Crippen molar-refractivity contribution in [2.45, 2.75) is 20.0 Å². The average molecular weight is 320 g/mol. The fourth-order valence-corrected chi connectivity index (χ4v) is 2.25. The van der Waals surface area contributed by atoms with E-state index in [1.807, 2.05) is 32.0 Å². The molecule has 2 amide bonds. The van der Waals surface area contributed by atoms with Crippen LogP contribution in [0.25, 0.3) is 0 Å². The Morgan fingerprint density at radius 2 is 1.74 bits per heavy atom. The molecule has 4 nitrogen and oxygen atoms in total. The summed E-state index contributed by atoms with van der Waals surface area (Å²) in [5.74, 6) is -2.03. The molecule has 0 aliphatic rings. The summed E-state index contributed by atoms with van der Waals surface area (Å²) in [6, 6.07) is 8.24. The molecular weight excluding hydrogens is 302 g/mol. The van der Waals surface area contributed by atoms with Crippen molar-refractivity contribution in [3.8, 4) is 0 Å². The lowest BCUT2D eigenvalue weighted by atomic mass is 10.1. The van der Waals surface area contributed by atoms with Crippen LogP contribution < -0.4 is 10.6 Å². The number of amides is 2. The highest BCUT2D eigenvalue weighted by Crippen LogP contribution is 2.16. The number of halogens is 2. The minimum absolute atomic E-state index is 0.123. The molecule has 0 fully saturated rings. The molecule has 23 heavy (non-hydrogen) atoms. The zero-order valence-electron chi connectivity index (χ0n) is 12.9. The minimum atomic E-state index is -1.13. The van der Waals surface area contributed by atoms with Gasteiger partial charge in [-0.15, -0.1) is 0 Å². The van der Waals surface area contributed by atoms with Crippen LogP contribution in [0.2, 0.25) is 0 Å². The van der Waals surface area contributed by atoms with Crippen molar-refractivity contribution in [2.24, 2.45) is 0 Å². The van der Waals surface area contributed by atoms with Crippen LogP contribution in [0.15, 0.2) is 36.4 Å². The smallest absolute Gasteiger partial charge is 0.319 e. The highest BCUT2D eigenvalue weighted by Gasteiger charge is 2.12. The monoisotopic (exact) mass is 320 g/mol. The van der Waals surface area contributed by atoms with Gasteiger partial charge in [0.1, 0.15) is 0 Å². The molecule has 0 spiro atoms. The number of urea groups is 1. The first-order valence-corrected chi connectivity index (χ1v) is 7.11. The molecule has 2 aromatic rings. The van der Waals surface area contributed by atoms with Gasteiger partial charge < -0.3 is 15.7 Å². The third-order valence-corrected chi connectivity index (χ3v) is 3.26. The summed E-state index contributed by atoms with van der Waals surface area (Å²) in [4.78, 5) is 11.8. The van der Waals surface area contributed by atoms with E-state index < -0.39 is 23.8 Å². The van der Waals surface area contributed by atoms with Crippen molar-refractivity contribution in [3.05, 3.63) is 64.7 Å². The van der Waals surface area contributed by atoms with Gasteiger partial charge in [-0.3, -0.25) is 0 Å². The predicted octanol–water partition coefficient (Wildman–Crippen LogP) is 3.44. The zero-order valence-corrected chi connectivity index (χ0v) is 12.9. The number of hydrogen-bond donors (Lipinski definition) is 3. The van der Waals surface area contributed by atoms with Crippen molar-refractivity contribution in [3.63, 3.8) is 0 Å². The van der Waals surface area contributed by atoms with Crippen molar-refractivity contribution in [2.75, 3.05) is 11.9 Å². The maximum atomic E-state index is 13.1. The molecule has 0 bridgehead atoms. The Hall–Kier alpha value is -2.47. The second-order valence-electron chi connectivity index (χ2n) is 5.40. The largest absolute Gasteiger partial charge is 0.387 e. The van der Waals surface area contributed by atoms with E-state index in [-0.39, 0.29) is 12.1 Å². The highest BCUT2D eigenvalue weighted by molar-refractivity contribution is 5.89. The fourth-order valence-electron chi connectivity index (χ4n) is 2.25. The van der Waals surface area contributed by atoms with E-state index in [1.54, 1.807) is 0 Å². The molecule has 2 rings (SSSR count). The molecule has 0 aliphatic carbocycles. The minimum Gasteiger partial charge on any atom is -0.387 e. The number of anilines is 1. The highest BCUT2D eigenvalue weighted by atomic mass is 19.2. The van der Waals surface area contributed by atoms with Gasteiger partial charge in [0.15, 0.2) is 11.6 Å². The van der Waals surface area contributed by atoms with Gasteiger partial charge in [0, 0.05) is 12.2 Å². The van der Waals surface area contributed by atoms with E-state index in [0.717, 1.165) is 23.3 Å². The Morgan fingerprint density at radius 3 is 2.35 bits per heavy atom. The van der Waals surface area contributed by atoms with Crippen LogP contribution in [-0.4, -0.2) is 17.7 Å². The number of aliphatic hydroxyl groups is 1. The predicted molar refractivity (Wildman–Crippen MR) is 84.3 cm³/mol. The number of benzene rings is 2. The molecule has 122 valence electrons. The first kappa shape index (κ1) is 16.9. The molecule has 2 aromatic carbocycles. The first-order valence-electron chi connectivity index (χ1n) is 7.11. The Bertz CT molecular complexity index is 699. The molecule has 0 aliphatic heterocycles. The summed E-state index contributed by atoms with van der Waals surface area (Å²) in [6.45, 7) is 3.72. The number of aliphatic hydroxyl groups excluding tert-OH is 1. The lowest BCUT2D eigenvalue weighted by molar-refractivity contribution is 0.174. The Kier molecular flexibility index (Phi) is 5.28. The van der Waals surface area contributed by atoms with Gasteiger partial charge in [0.05, 0.1) is 6.10 Å². The quantitative estimate of drug-likeness (QED) is 0.808. The number of carbonyl (C=O) groups is 1. The summed E-state index contributed by atoms with van der Waals surface area (Å²) in [5, 5.41) is 15.0. The van der Waals surface area contributed by atoms with Crippen LogP contribution >= 0.6 is 0 Å². The van der Waals surface area contributed by atoms with E-state index in [0.29, 0.717) is 5.69 Å². The van der Waals surface area contributed by atoms with Crippen molar-refractivity contribution < 1.29 is 18.7 Å². The maximum absolute atomic E-state index is 13.1. The van der Waals surface area contributed by atoms with E-state index in [4.69, 9.17) is 0 Å². The number of aryl methyl sites for hydroxylation is 2. The van der Waals surface area contributed by atoms with Crippen LogP contribution in [0.5, 0.6) is 0 Å². The molecule has 1 atom stereocenters. The SMILES string of the molecule is Cc1cc(C)cc(NC(=O)NC[C@H](O)c2ccc(F)c(F)c2)c1. The van der Waals surface area contributed by atoms with Gasteiger partial charge in [0.25, 0.3) is 0 Å². The lowest BCUT2D eigenvalue weighted by Gasteiger charge is -2.13. The normalized spacial score (nSPS) is 11.9. The van der Waals surface area contributed by atoms with Gasteiger partial charge >= 0.3 is 6.03 Å². The van der Waals surface area contributed by atoms with E-state index in [9.17, 15) is 18.7 Å². The standard InChI is InChI=1S/C17H18F2N2O2/c1-10-5-11(2)7-13(6-10)21-17(23)20-9-16(22)12-3-4-14(18)15(19)8-12/h3-8,16,22H,9H2,1-2H3,(H2,20,21,23)/t16-/m0/s1. The summed E-state index contributed by atoms with van der Waals surface area (Å²) >= 11 is 0. The van der Waals surface area contributed by atoms with Gasteiger partial charge in [-0.05, 0) is 54.8 Å². The maximum Gasteiger partial charge on any atom is 0.319 e. The summed E-state index contributed by atoms with van der Waals surface area (Å²) in [6.07, 6.45) is -1.13. The third kappa shape index (κ3) is 4.75. The molecule has 0 saturated heterocycles. The Labute approximate surface area is 133 Å². The van der Waals surface area contributed by atoms with Gasteiger partial charge in [-0.25, -0.2) is 13.6 Å². The third-order valence-electron chi connectivity index (χ3n) is 3.26. The van der Waals surface area contributed by atoms with Crippen molar-refractivity contribution in [1.82, 2.24) is 5.32 Å². The van der Waals surface area contributed by atoms with E-state index in [2.05, 4.69) is 10.6 Å². The topological polar surface area (TPSA) is 61.4 Å². The molecule has 0 radical (unpaired) electrons. The second-order valence-corrected chi connectivity index (χ2v) is 5.40. The molecule has 3 N–H and O–H groups in total. The summed E-state index contributed by atoms with van der Waals surface area (Å²) in [7, 11) is 0.